The predicted octanol–water partition coefficient (Wildman–Crippen LogP) is 7.88. The number of aromatic amines is 2. The average molecular weight is 849 g/mol. The zero-order valence-electron chi connectivity index (χ0n) is 35.0. The highest BCUT2D eigenvalue weighted by Crippen LogP contribution is 2.40. The third-order valence-electron chi connectivity index (χ3n) is 12.2. The Hall–Kier alpha value is -7.42. The molecule has 63 heavy (non-hydrogen) atoms. The fraction of sp³-hybridized carbons (Fsp3) is 0.292. The molecule has 0 bridgehead atoms. The van der Waals surface area contributed by atoms with Crippen LogP contribution in [0.5, 0.6) is 11.5 Å². The Kier molecular flexibility index (Phi) is 11.6. The van der Waals surface area contributed by atoms with Crippen molar-refractivity contribution in [2.45, 2.75) is 62.7 Å². The molecule has 3 aliphatic heterocycles. The lowest BCUT2D eigenvalue weighted by molar-refractivity contribution is -0.135. The van der Waals surface area contributed by atoms with Gasteiger partial charge in [-0.2, -0.15) is 0 Å². The number of hydrogen-bond acceptors (Lipinski definition) is 9. The minimum absolute atomic E-state index is 0.221. The molecule has 9 rings (SSSR count). The minimum Gasteiger partial charge on any atom is -0.457 e. The molecular formula is C48H48N8O7. The van der Waals surface area contributed by atoms with Crippen LogP contribution in [0.15, 0.2) is 109 Å². The van der Waals surface area contributed by atoms with E-state index in [0.29, 0.717) is 35.9 Å². The van der Waals surface area contributed by atoms with Crippen LogP contribution in [0.3, 0.4) is 0 Å². The number of imidazole rings is 2. The molecule has 6 aromatic rings. The van der Waals surface area contributed by atoms with E-state index in [1.807, 2.05) is 84.9 Å². The van der Waals surface area contributed by atoms with Crippen LogP contribution in [0.4, 0.5) is 9.59 Å². The maximum Gasteiger partial charge on any atom is 0.407 e. The highest BCUT2D eigenvalue weighted by molar-refractivity contribution is 5.88. The Balaban J connectivity index is 0.883. The number of nitrogens with one attached hydrogen (secondary N) is 4. The van der Waals surface area contributed by atoms with Gasteiger partial charge in [-0.05, 0) is 97.2 Å². The first-order valence-electron chi connectivity index (χ1n) is 21.2. The summed E-state index contributed by atoms with van der Waals surface area (Å²) in [5.74, 6) is 2.50. The number of ether oxygens (including phenoxy) is 3. The van der Waals surface area contributed by atoms with Crippen LogP contribution in [-0.2, 0) is 31.9 Å². The second kappa shape index (κ2) is 17.9. The van der Waals surface area contributed by atoms with E-state index < -0.39 is 24.3 Å². The standard InChI is InChI=1S/C48H48N8O7/c1-61-47(59)53-41(29-11-5-3-6-12-29)45(57)55-23-9-15-37(55)43-49-27-35(51-43)31-19-21-39-33(25-31)17-18-34-26-32(20-22-40(34)63-39)36-28-50-44(52-36)38-16-10-24-56(38)46(58)42(54-48(60)62-2)30-13-7-4-8-14-30/h3-8,11-14,19-22,25-28,37-38,41-42H,9-10,15-18,23-24H2,1-2H3,(H,49,51)(H,50,52)(H,53,59)(H,54,60). The first-order chi connectivity index (χ1) is 30.8. The van der Waals surface area contributed by atoms with Crippen LogP contribution in [0, 0.1) is 0 Å². The largest absolute Gasteiger partial charge is 0.457 e. The van der Waals surface area contributed by atoms with Crippen molar-refractivity contribution < 1.29 is 33.4 Å². The maximum atomic E-state index is 14.0. The third kappa shape index (κ3) is 8.46. The van der Waals surface area contributed by atoms with Crippen LogP contribution < -0.4 is 15.4 Å². The van der Waals surface area contributed by atoms with E-state index in [9.17, 15) is 19.2 Å². The first-order valence-corrected chi connectivity index (χ1v) is 21.2. The molecule has 4 amide bonds. The van der Waals surface area contributed by atoms with Crippen molar-refractivity contribution in [1.82, 2.24) is 40.4 Å². The van der Waals surface area contributed by atoms with Gasteiger partial charge in [-0.3, -0.25) is 9.59 Å². The second-order valence-corrected chi connectivity index (χ2v) is 15.9. The first kappa shape index (κ1) is 41.0. The van der Waals surface area contributed by atoms with Gasteiger partial charge in [0.25, 0.3) is 11.8 Å². The third-order valence-corrected chi connectivity index (χ3v) is 12.2. The van der Waals surface area contributed by atoms with E-state index in [-0.39, 0.29) is 23.9 Å². The van der Waals surface area contributed by atoms with Gasteiger partial charge in [-0.1, -0.05) is 60.7 Å². The molecule has 15 nitrogen and oxygen atoms in total. The maximum absolute atomic E-state index is 14.0. The molecule has 4 unspecified atom stereocenters. The number of aromatic nitrogens is 4. The summed E-state index contributed by atoms with van der Waals surface area (Å²) in [4.78, 5) is 72.6. The predicted molar refractivity (Wildman–Crippen MR) is 232 cm³/mol. The zero-order chi connectivity index (χ0) is 43.5. The number of likely N-dealkylation sites (tertiary alicyclic amines) is 2. The van der Waals surface area contributed by atoms with Crippen LogP contribution in [0.25, 0.3) is 22.5 Å². The zero-order valence-corrected chi connectivity index (χ0v) is 35.0. The number of carbonyl (C=O) groups is 4. The quantitative estimate of drug-likeness (QED) is 0.107. The Morgan fingerprint density at radius 3 is 1.48 bits per heavy atom. The number of carbonyl (C=O) groups excluding carboxylic acids is 4. The van der Waals surface area contributed by atoms with Crippen molar-refractivity contribution in [3.8, 4) is 34.0 Å². The lowest BCUT2D eigenvalue weighted by Gasteiger charge is -2.28. The highest BCUT2D eigenvalue weighted by Gasteiger charge is 2.38. The topological polar surface area (TPSA) is 184 Å². The minimum atomic E-state index is -0.895. The van der Waals surface area contributed by atoms with Crippen molar-refractivity contribution in [3.05, 3.63) is 143 Å². The van der Waals surface area contributed by atoms with Crippen LogP contribution >= 0.6 is 0 Å². The van der Waals surface area contributed by atoms with Gasteiger partial charge in [0.05, 0.1) is 50.1 Å². The Labute approximate surface area is 364 Å². The van der Waals surface area contributed by atoms with Crippen molar-refractivity contribution >= 4 is 24.0 Å². The Morgan fingerprint density at radius 1 is 0.635 bits per heavy atom. The average Bonchev–Trinajstić information content (AvgIpc) is 4.17. The van der Waals surface area contributed by atoms with E-state index in [1.165, 1.54) is 14.2 Å². The van der Waals surface area contributed by atoms with E-state index >= 15 is 0 Å². The van der Waals surface area contributed by atoms with Crippen LogP contribution in [0.1, 0.15) is 83.8 Å². The van der Waals surface area contributed by atoms with Gasteiger partial charge in [0.2, 0.25) is 0 Å². The fourth-order valence-electron chi connectivity index (χ4n) is 8.96. The van der Waals surface area contributed by atoms with Gasteiger partial charge >= 0.3 is 12.2 Å². The van der Waals surface area contributed by atoms with Crippen molar-refractivity contribution in [3.63, 3.8) is 0 Å². The molecule has 0 spiro atoms. The summed E-state index contributed by atoms with van der Waals surface area (Å²) in [7, 11) is 2.56. The number of hydrogen-bond donors (Lipinski definition) is 4. The molecule has 0 aliphatic carbocycles. The number of alkyl carbamates (subject to hydrolysis) is 2. The van der Waals surface area contributed by atoms with E-state index in [1.54, 1.807) is 22.2 Å². The summed E-state index contributed by atoms with van der Waals surface area (Å²) < 4.78 is 16.2. The molecule has 2 fully saturated rings. The van der Waals surface area contributed by atoms with Crippen LogP contribution in [-0.4, -0.2) is 81.0 Å². The number of fused-ring (bicyclic) bond motifs is 2. The molecule has 4 atom stereocenters. The normalized spacial score (nSPS) is 17.7. The molecule has 15 heteroatoms. The van der Waals surface area contributed by atoms with Crippen LogP contribution in [0.2, 0.25) is 0 Å². The molecule has 4 aromatic carbocycles. The molecule has 2 saturated heterocycles. The Bertz CT molecular complexity index is 2450. The van der Waals surface area contributed by atoms with E-state index in [4.69, 9.17) is 24.2 Å². The van der Waals surface area contributed by atoms with Crippen molar-refractivity contribution in [1.29, 1.82) is 0 Å². The summed E-state index contributed by atoms with van der Waals surface area (Å²) in [5, 5.41) is 5.44. The highest BCUT2D eigenvalue weighted by atomic mass is 16.5. The molecule has 2 aromatic heterocycles. The monoisotopic (exact) mass is 848 g/mol. The Morgan fingerprint density at radius 2 is 1.06 bits per heavy atom. The molecular weight excluding hydrogens is 801 g/mol. The van der Waals surface area contributed by atoms with Gasteiger partial charge in [0.1, 0.15) is 35.2 Å². The summed E-state index contributed by atoms with van der Waals surface area (Å²) in [6, 6.07) is 28.2. The van der Waals surface area contributed by atoms with Crippen molar-refractivity contribution in [2.24, 2.45) is 0 Å². The lowest BCUT2D eigenvalue weighted by Crippen LogP contribution is -2.42. The molecule has 3 aliphatic rings. The number of methoxy groups -OCH3 is 2. The van der Waals surface area contributed by atoms with Gasteiger partial charge in [-0.25, -0.2) is 19.6 Å². The van der Waals surface area contributed by atoms with E-state index in [0.717, 1.165) is 83.7 Å². The molecule has 0 saturated carbocycles. The summed E-state index contributed by atoms with van der Waals surface area (Å²) in [6.45, 7) is 1.08. The number of amides is 4. The molecule has 4 N–H and O–H groups in total. The SMILES string of the molecule is COC(=O)NC(C(=O)N1CCCC1c1ncc(-c2ccc3c(c2)CCc2cc(-c4cnc(C5CCCN5C(=O)C(NC(=O)OC)c5ccccc5)[nH]4)ccc2O3)[nH]1)c1ccccc1. The molecule has 0 radical (unpaired) electrons. The summed E-state index contributed by atoms with van der Waals surface area (Å²) in [5.41, 5.74) is 7.03. The smallest absolute Gasteiger partial charge is 0.407 e. The number of nitrogens with zero attached hydrogens (tertiary/aromatic N) is 4. The van der Waals surface area contributed by atoms with E-state index in [2.05, 4.69) is 32.7 Å². The molecule has 5 heterocycles. The summed E-state index contributed by atoms with van der Waals surface area (Å²) >= 11 is 0. The number of H-pyrrole nitrogens is 2. The summed E-state index contributed by atoms with van der Waals surface area (Å²) in [6.07, 6.45) is 6.83. The number of benzene rings is 4. The van der Waals surface area contributed by atoms with Gasteiger partial charge in [0, 0.05) is 24.2 Å². The van der Waals surface area contributed by atoms with Crippen molar-refractivity contribution in [2.75, 3.05) is 27.3 Å². The van der Waals surface area contributed by atoms with Gasteiger partial charge in [0.15, 0.2) is 0 Å². The van der Waals surface area contributed by atoms with Gasteiger partial charge in [-0.15, -0.1) is 0 Å². The lowest BCUT2D eigenvalue weighted by atomic mass is 10.00. The molecule has 322 valence electrons. The number of rotatable bonds is 10. The second-order valence-electron chi connectivity index (χ2n) is 15.9. The fourth-order valence-corrected chi connectivity index (χ4v) is 8.96. The van der Waals surface area contributed by atoms with Gasteiger partial charge < -0.3 is 44.6 Å². The number of aryl methyl sites for hydroxylation is 2.